The van der Waals surface area contributed by atoms with Crippen molar-refractivity contribution in [2.24, 2.45) is 5.11 Å². The van der Waals surface area contributed by atoms with Gasteiger partial charge in [-0.1, -0.05) is 34.4 Å². The van der Waals surface area contributed by atoms with E-state index in [0.717, 1.165) is 5.56 Å². The summed E-state index contributed by atoms with van der Waals surface area (Å²) in [7, 11) is 0. The van der Waals surface area contributed by atoms with Crippen molar-refractivity contribution in [1.29, 1.82) is 0 Å². The summed E-state index contributed by atoms with van der Waals surface area (Å²) in [6.07, 6.45) is 0. The van der Waals surface area contributed by atoms with E-state index >= 15 is 0 Å². The third kappa shape index (κ3) is 3.31. The van der Waals surface area contributed by atoms with Crippen LogP contribution in [0.15, 0.2) is 47.6 Å². The van der Waals surface area contributed by atoms with Crippen molar-refractivity contribution < 1.29 is 4.79 Å². The number of ketones is 1. The Bertz CT molecular complexity index is 692. The van der Waals surface area contributed by atoms with Gasteiger partial charge in [0.25, 0.3) is 0 Å². The van der Waals surface area contributed by atoms with E-state index in [1.165, 1.54) is 0 Å². The number of hydrogen-bond acceptors (Lipinski definition) is 2. The molecule has 6 heteroatoms. The Kier molecular flexibility index (Phi) is 4.64. The first kappa shape index (κ1) is 14.4. The molecule has 4 nitrogen and oxygen atoms in total. The molecule has 0 unspecified atom stereocenters. The van der Waals surface area contributed by atoms with Gasteiger partial charge in [-0.3, -0.25) is 4.79 Å². The molecule has 0 atom stereocenters. The van der Waals surface area contributed by atoms with Gasteiger partial charge in [0.2, 0.25) is 0 Å². The van der Waals surface area contributed by atoms with Crippen molar-refractivity contribution in [3.63, 3.8) is 0 Å². The van der Waals surface area contributed by atoms with Crippen molar-refractivity contribution in [2.45, 2.75) is 6.54 Å². The van der Waals surface area contributed by atoms with Gasteiger partial charge in [0.15, 0.2) is 5.78 Å². The molecule has 20 heavy (non-hydrogen) atoms. The Balaban J connectivity index is 2.37. The summed E-state index contributed by atoms with van der Waals surface area (Å²) in [5.41, 5.74) is 9.92. The Labute approximate surface area is 125 Å². The topological polar surface area (TPSA) is 65.8 Å². The van der Waals surface area contributed by atoms with Gasteiger partial charge in [0.1, 0.15) is 0 Å². The van der Waals surface area contributed by atoms with Crippen LogP contribution in [0.25, 0.3) is 10.4 Å². The predicted molar refractivity (Wildman–Crippen MR) is 79.2 cm³/mol. The number of azide groups is 1. The van der Waals surface area contributed by atoms with Gasteiger partial charge in [-0.15, -0.1) is 0 Å². The zero-order chi connectivity index (χ0) is 14.5. The molecule has 0 radical (unpaired) electrons. The van der Waals surface area contributed by atoms with Crippen LogP contribution in [-0.4, -0.2) is 5.78 Å². The molecule has 100 valence electrons. The third-order valence-corrected chi connectivity index (χ3v) is 3.28. The standard InChI is InChI=1S/C14H9Cl2N3O/c15-11-4-2-10(3-5-11)14(20)12-7-9(8-18-19-17)1-6-13(12)16/h1-7H,8H2. The summed E-state index contributed by atoms with van der Waals surface area (Å²) in [6.45, 7) is 0.175. The molecule has 2 aromatic carbocycles. The molecule has 0 saturated carbocycles. The maximum atomic E-state index is 12.4. The highest BCUT2D eigenvalue weighted by Gasteiger charge is 2.13. The van der Waals surface area contributed by atoms with Crippen LogP contribution in [0.2, 0.25) is 10.0 Å². The maximum absolute atomic E-state index is 12.4. The molecule has 0 aliphatic carbocycles. The van der Waals surface area contributed by atoms with Crippen LogP contribution in [0, 0.1) is 0 Å². The lowest BCUT2D eigenvalue weighted by Gasteiger charge is -2.06. The molecule has 0 aliphatic rings. The van der Waals surface area contributed by atoms with Crippen LogP contribution < -0.4 is 0 Å². The average Bonchev–Trinajstić information content (AvgIpc) is 2.46. The second kappa shape index (κ2) is 6.44. The van der Waals surface area contributed by atoms with E-state index in [-0.39, 0.29) is 12.3 Å². The fraction of sp³-hybridized carbons (Fsp3) is 0.0714. The van der Waals surface area contributed by atoms with E-state index in [0.29, 0.717) is 21.2 Å². The summed E-state index contributed by atoms with van der Waals surface area (Å²) in [5, 5.41) is 4.38. The first-order valence-corrected chi connectivity index (χ1v) is 6.47. The first-order valence-electron chi connectivity index (χ1n) is 5.71. The number of benzene rings is 2. The zero-order valence-corrected chi connectivity index (χ0v) is 11.8. The molecule has 0 bridgehead atoms. The number of rotatable bonds is 4. The van der Waals surface area contributed by atoms with Crippen LogP contribution in [0.3, 0.4) is 0 Å². The minimum absolute atomic E-state index is 0.175. The molecule has 2 aromatic rings. The van der Waals surface area contributed by atoms with Crippen LogP contribution in [-0.2, 0) is 6.54 Å². The van der Waals surface area contributed by atoms with Crippen LogP contribution in [0.5, 0.6) is 0 Å². The van der Waals surface area contributed by atoms with E-state index < -0.39 is 0 Å². The molecule has 0 spiro atoms. The zero-order valence-electron chi connectivity index (χ0n) is 10.3. The van der Waals surface area contributed by atoms with Gasteiger partial charge in [-0.05, 0) is 47.5 Å². The van der Waals surface area contributed by atoms with Crippen molar-refractivity contribution >= 4 is 29.0 Å². The highest BCUT2D eigenvalue weighted by molar-refractivity contribution is 6.35. The normalized spacial score (nSPS) is 9.90. The Morgan fingerprint density at radius 2 is 1.85 bits per heavy atom. The van der Waals surface area contributed by atoms with Crippen LogP contribution >= 0.6 is 23.2 Å². The van der Waals surface area contributed by atoms with Crippen molar-refractivity contribution in [1.82, 2.24) is 0 Å². The van der Waals surface area contributed by atoms with Gasteiger partial charge < -0.3 is 0 Å². The predicted octanol–water partition coefficient (Wildman–Crippen LogP) is 5.03. The summed E-state index contributed by atoms with van der Waals surface area (Å²) < 4.78 is 0. The highest BCUT2D eigenvalue weighted by Crippen LogP contribution is 2.22. The lowest BCUT2D eigenvalue weighted by atomic mass is 10.0. The Morgan fingerprint density at radius 1 is 1.15 bits per heavy atom. The van der Waals surface area contributed by atoms with Gasteiger partial charge >= 0.3 is 0 Å². The molecule has 2 rings (SSSR count). The molecule has 0 fully saturated rings. The lowest BCUT2D eigenvalue weighted by molar-refractivity contribution is 0.103. The molecule has 0 aromatic heterocycles. The maximum Gasteiger partial charge on any atom is 0.194 e. The lowest BCUT2D eigenvalue weighted by Crippen LogP contribution is -2.03. The number of halogens is 2. The van der Waals surface area contributed by atoms with Crippen molar-refractivity contribution in [2.75, 3.05) is 0 Å². The largest absolute Gasteiger partial charge is 0.289 e. The van der Waals surface area contributed by atoms with Crippen LogP contribution in [0.4, 0.5) is 0 Å². The quantitative estimate of drug-likeness (QED) is 0.338. The van der Waals surface area contributed by atoms with E-state index in [4.69, 9.17) is 28.7 Å². The monoisotopic (exact) mass is 305 g/mol. The summed E-state index contributed by atoms with van der Waals surface area (Å²) >= 11 is 11.8. The number of hydrogen-bond donors (Lipinski definition) is 0. The van der Waals surface area contributed by atoms with Gasteiger partial charge in [0.05, 0.1) is 11.6 Å². The molecule has 0 amide bonds. The smallest absolute Gasteiger partial charge is 0.194 e. The SMILES string of the molecule is [N-]=[N+]=NCc1ccc(Cl)c(C(=O)c2ccc(Cl)cc2)c1. The third-order valence-electron chi connectivity index (χ3n) is 2.70. The summed E-state index contributed by atoms with van der Waals surface area (Å²) in [6, 6.07) is 11.5. The molecular formula is C14H9Cl2N3O. The van der Waals surface area contributed by atoms with E-state index in [9.17, 15) is 4.79 Å². The van der Waals surface area contributed by atoms with E-state index in [1.54, 1.807) is 42.5 Å². The Hall–Kier alpha value is -2.00. The number of nitrogens with zero attached hydrogens (tertiary/aromatic N) is 3. The van der Waals surface area contributed by atoms with Gasteiger partial charge in [-0.2, -0.15) is 0 Å². The minimum Gasteiger partial charge on any atom is -0.289 e. The molecule has 0 saturated heterocycles. The average molecular weight is 306 g/mol. The summed E-state index contributed by atoms with van der Waals surface area (Å²) in [4.78, 5) is 15.1. The second-order valence-corrected chi connectivity index (χ2v) is 4.88. The molecule has 0 aliphatic heterocycles. The second-order valence-electron chi connectivity index (χ2n) is 4.04. The summed E-state index contributed by atoms with van der Waals surface area (Å²) in [5.74, 6) is -0.200. The number of carbonyl (C=O) groups is 1. The fourth-order valence-corrected chi connectivity index (χ4v) is 2.04. The number of carbonyl (C=O) groups excluding carboxylic acids is 1. The molecular weight excluding hydrogens is 297 g/mol. The van der Waals surface area contributed by atoms with Gasteiger partial charge in [0, 0.05) is 21.1 Å². The van der Waals surface area contributed by atoms with Gasteiger partial charge in [-0.25, -0.2) is 0 Å². The molecule has 0 heterocycles. The Morgan fingerprint density at radius 3 is 2.50 bits per heavy atom. The fourth-order valence-electron chi connectivity index (χ4n) is 1.71. The first-order chi connectivity index (χ1) is 9.61. The van der Waals surface area contributed by atoms with Crippen LogP contribution in [0.1, 0.15) is 21.5 Å². The van der Waals surface area contributed by atoms with Crippen molar-refractivity contribution in [3.05, 3.63) is 79.6 Å². The van der Waals surface area contributed by atoms with E-state index in [2.05, 4.69) is 10.0 Å². The molecule has 0 N–H and O–H groups in total. The van der Waals surface area contributed by atoms with E-state index in [1.807, 2.05) is 0 Å². The van der Waals surface area contributed by atoms with Crippen molar-refractivity contribution in [3.8, 4) is 0 Å². The highest BCUT2D eigenvalue weighted by atomic mass is 35.5. The minimum atomic E-state index is -0.200.